The highest BCUT2D eigenvalue weighted by Crippen LogP contribution is 2.16. The number of amides is 2. The van der Waals surface area contributed by atoms with Crippen molar-refractivity contribution in [2.24, 2.45) is 0 Å². The topological polar surface area (TPSA) is 89.9 Å². The number of nitrogens with zero attached hydrogens (tertiary/aromatic N) is 1. The first-order chi connectivity index (χ1) is 7.99. The van der Waals surface area contributed by atoms with Crippen LogP contribution in [0.1, 0.15) is 13.8 Å². The summed E-state index contributed by atoms with van der Waals surface area (Å²) in [6, 6.07) is -1.09. The van der Waals surface area contributed by atoms with Gasteiger partial charge in [0.1, 0.15) is 6.54 Å². The number of rotatable bonds is 5. The normalized spacial score (nSPS) is 14.8. The Morgan fingerprint density at radius 1 is 1.33 bits per heavy atom. The van der Waals surface area contributed by atoms with Crippen LogP contribution in [-0.2, 0) is 4.79 Å². The molecule has 0 aromatic heterocycles. The van der Waals surface area contributed by atoms with E-state index in [0.717, 1.165) is 6.92 Å². The maximum atomic E-state index is 12.1. The van der Waals surface area contributed by atoms with Gasteiger partial charge in [-0.1, -0.05) is 0 Å². The van der Waals surface area contributed by atoms with Gasteiger partial charge in [-0.15, -0.1) is 0 Å². The lowest BCUT2D eigenvalue weighted by molar-refractivity contribution is -0.156. The number of hydrogen-bond acceptors (Lipinski definition) is 3. The first-order valence-electron chi connectivity index (χ1n) is 5.05. The molecule has 6 nitrogen and oxygen atoms in total. The number of alkyl halides is 3. The molecule has 0 aromatic carbocycles. The van der Waals surface area contributed by atoms with Crippen molar-refractivity contribution in [3.05, 3.63) is 0 Å². The van der Waals surface area contributed by atoms with E-state index in [1.165, 1.54) is 6.92 Å². The van der Waals surface area contributed by atoms with Crippen LogP contribution in [-0.4, -0.2) is 58.5 Å². The van der Waals surface area contributed by atoms with E-state index in [-0.39, 0.29) is 6.54 Å². The van der Waals surface area contributed by atoms with Gasteiger partial charge in [0.25, 0.3) is 0 Å². The zero-order valence-corrected chi connectivity index (χ0v) is 9.91. The summed E-state index contributed by atoms with van der Waals surface area (Å²) in [7, 11) is 0. The fraction of sp³-hybridized carbons (Fsp3) is 0.778. The summed E-state index contributed by atoms with van der Waals surface area (Å²) in [5.41, 5.74) is -2.23. The number of urea groups is 1. The van der Waals surface area contributed by atoms with Gasteiger partial charge in [0.05, 0.1) is 6.54 Å². The van der Waals surface area contributed by atoms with E-state index in [1.807, 2.05) is 5.32 Å². The van der Waals surface area contributed by atoms with Crippen molar-refractivity contribution < 1.29 is 33.0 Å². The SMILES string of the molecule is CCN(CC(F)(F)F)C(=O)NCC(C)(O)C(=O)O. The lowest BCUT2D eigenvalue weighted by Gasteiger charge is -2.25. The predicted octanol–water partition coefficient (Wildman–Crippen LogP) is 0.416. The van der Waals surface area contributed by atoms with Gasteiger partial charge in [-0.3, -0.25) is 0 Å². The molecular formula is C9H15F3N2O4. The molecule has 9 heteroatoms. The minimum Gasteiger partial charge on any atom is -0.479 e. The number of carbonyl (C=O) groups excluding carboxylic acids is 1. The molecule has 0 aromatic rings. The van der Waals surface area contributed by atoms with E-state index in [2.05, 4.69) is 0 Å². The van der Waals surface area contributed by atoms with Gasteiger partial charge in [-0.05, 0) is 13.8 Å². The molecule has 1 unspecified atom stereocenters. The highest BCUT2D eigenvalue weighted by molar-refractivity contribution is 5.79. The van der Waals surface area contributed by atoms with Crippen LogP contribution in [0.5, 0.6) is 0 Å². The lowest BCUT2D eigenvalue weighted by Crippen LogP contribution is -2.51. The van der Waals surface area contributed by atoms with Gasteiger partial charge in [0.15, 0.2) is 5.60 Å². The molecule has 0 heterocycles. The number of hydrogen-bond donors (Lipinski definition) is 3. The number of aliphatic hydroxyl groups is 1. The first-order valence-corrected chi connectivity index (χ1v) is 5.05. The van der Waals surface area contributed by atoms with Crippen LogP contribution in [0.3, 0.4) is 0 Å². The molecular weight excluding hydrogens is 257 g/mol. The Hall–Kier alpha value is -1.51. The molecule has 0 rings (SSSR count). The van der Waals surface area contributed by atoms with Crippen molar-refractivity contribution in [3.63, 3.8) is 0 Å². The van der Waals surface area contributed by atoms with E-state index in [9.17, 15) is 27.9 Å². The summed E-state index contributed by atoms with van der Waals surface area (Å²) in [6.45, 7) is -0.0447. The van der Waals surface area contributed by atoms with Crippen molar-refractivity contribution >= 4 is 12.0 Å². The number of aliphatic carboxylic acids is 1. The van der Waals surface area contributed by atoms with Crippen molar-refractivity contribution in [1.82, 2.24) is 10.2 Å². The highest BCUT2D eigenvalue weighted by Gasteiger charge is 2.34. The van der Waals surface area contributed by atoms with Crippen LogP contribution in [0, 0.1) is 0 Å². The second-order valence-corrected chi connectivity index (χ2v) is 3.87. The smallest absolute Gasteiger partial charge is 0.406 e. The second kappa shape index (κ2) is 5.89. The molecule has 1 atom stereocenters. The number of carbonyl (C=O) groups is 2. The van der Waals surface area contributed by atoms with Crippen LogP contribution in [0.2, 0.25) is 0 Å². The number of nitrogens with one attached hydrogen (secondary N) is 1. The molecule has 0 bridgehead atoms. The fourth-order valence-corrected chi connectivity index (χ4v) is 0.979. The summed E-state index contributed by atoms with van der Waals surface area (Å²) >= 11 is 0. The summed E-state index contributed by atoms with van der Waals surface area (Å²) < 4.78 is 36.3. The molecule has 0 aliphatic rings. The zero-order chi connectivity index (χ0) is 14.6. The Labute approximate surface area is 101 Å². The Morgan fingerprint density at radius 3 is 2.17 bits per heavy atom. The summed E-state index contributed by atoms with van der Waals surface area (Å²) in [5, 5.41) is 19.7. The average molecular weight is 272 g/mol. The van der Waals surface area contributed by atoms with E-state index in [4.69, 9.17) is 5.11 Å². The van der Waals surface area contributed by atoms with Crippen molar-refractivity contribution in [2.45, 2.75) is 25.6 Å². The summed E-state index contributed by atoms with van der Waals surface area (Å²) in [4.78, 5) is 22.3. The van der Waals surface area contributed by atoms with Gasteiger partial charge < -0.3 is 20.4 Å². The third-order valence-electron chi connectivity index (χ3n) is 2.08. The van der Waals surface area contributed by atoms with Gasteiger partial charge >= 0.3 is 18.2 Å². The molecule has 106 valence electrons. The minimum absolute atomic E-state index is 0.194. The molecule has 0 saturated carbocycles. The molecule has 0 aliphatic carbocycles. The van der Waals surface area contributed by atoms with E-state index in [0.29, 0.717) is 4.90 Å². The molecule has 0 aliphatic heterocycles. The Balaban J connectivity index is 4.43. The standard InChI is InChI=1S/C9H15F3N2O4/c1-3-14(5-9(10,11)12)7(17)13-4-8(2,18)6(15)16/h18H,3-5H2,1-2H3,(H,13,17)(H,15,16). The lowest BCUT2D eigenvalue weighted by atomic mass is 10.1. The van der Waals surface area contributed by atoms with Crippen molar-refractivity contribution in [1.29, 1.82) is 0 Å². The predicted molar refractivity (Wildman–Crippen MR) is 55.0 cm³/mol. The minimum atomic E-state index is -4.54. The third kappa shape index (κ3) is 5.71. The number of carboxylic acids is 1. The van der Waals surface area contributed by atoms with Crippen LogP contribution in [0.25, 0.3) is 0 Å². The van der Waals surface area contributed by atoms with Crippen LogP contribution in [0.4, 0.5) is 18.0 Å². The fourth-order valence-electron chi connectivity index (χ4n) is 0.979. The monoisotopic (exact) mass is 272 g/mol. The first kappa shape index (κ1) is 16.5. The quantitative estimate of drug-likeness (QED) is 0.676. The number of carboxylic acid groups (broad SMARTS) is 1. The Bertz CT molecular complexity index is 317. The van der Waals surface area contributed by atoms with E-state index in [1.54, 1.807) is 0 Å². The third-order valence-corrected chi connectivity index (χ3v) is 2.08. The Kier molecular flexibility index (Phi) is 5.40. The Morgan fingerprint density at radius 2 is 1.83 bits per heavy atom. The molecule has 3 N–H and O–H groups in total. The maximum absolute atomic E-state index is 12.1. The van der Waals surface area contributed by atoms with Gasteiger partial charge in [0, 0.05) is 6.54 Å². The average Bonchev–Trinajstić information content (AvgIpc) is 2.21. The molecule has 0 radical (unpaired) electrons. The molecule has 0 saturated heterocycles. The molecule has 0 spiro atoms. The second-order valence-electron chi connectivity index (χ2n) is 3.87. The molecule has 18 heavy (non-hydrogen) atoms. The van der Waals surface area contributed by atoms with Crippen LogP contribution < -0.4 is 5.32 Å². The maximum Gasteiger partial charge on any atom is 0.406 e. The largest absolute Gasteiger partial charge is 0.479 e. The summed E-state index contributed by atoms with van der Waals surface area (Å²) in [5.74, 6) is -1.58. The molecule has 0 fully saturated rings. The van der Waals surface area contributed by atoms with E-state index < -0.39 is 36.9 Å². The molecule has 2 amide bonds. The van der Waals surface area contributed by atoms with Crippen LogP contribution in [0.15, 0.2) is 0 Å². The zero-order valence-electron chi connectivity index (χ0n) is 9.91. The number of halogens is 3. The van der Waals surface area contributed by atoms with Crippen LogP contribution >= 0.6 is 0 Å². The van der Waals surface area contributed by atoms with Crippen molar-refractivity contribution in [2.75, 3.05) is 19.6 Å². The van der Waals surface area contributed by atoms with Gasteiger partial charge in [-0.25, -0.2) is 9.59 Å². The van der Waals surface area contributed by atoms with Crippen molar-refractivity contribution in [3.8, 4) is 0 Å². The summed E-state index contributed by atoms with van der Waals surface area (Å²) in [6.07, 6.45) is -4.54. The van der Waals surface area contributed by atoms with Gasteiger partial charge in [-0.2, -0.15) is 13.2 Å². The highest BCUT2D eigenvalue weighted by atomic mass is 19.4. The van der Waals surface area contributed by atoms with Gasteiger partial charge in [0.2, 0.25) is 0 Å². The van der Waals surface area contributed by atoms with E-state index >= 15 is 0 Å².